The summed E-state index contributed by atoms with van der Waals surface area (Å²) >= 11 is 0. The van der Waals surface area contributed by atoms with Crippen LogP contribution >= 0.6 is 0 Å². The van der Waals surface area contributed by atoms with E-state index in [4.69, 9.17) is 15.5 Å². The van der Waals surface area contributed by atoms with Crippen molar-refractivity contribution >= 4 is 22.7 Å². The van der Waals surface area contributed by atoms with Gasteiger partial charge in [0.25, 0.3) is 5.91 Å². The first kappa shape index (κ1) is 20.8. The minimum atomic E-state index is -0.479. The average molecular weight is 418 g/mol. The Kier molecular flexibility index (Phi) is 6.16. The molecule has 0 saturated carbocycles. The first-order chi connectivity index (χ1) is 15.1. The number of hydrogen-bond acceptors (Lipinski definition) is 4. The van der Waals surface area contributed by atoms with Gasteiger partial charge in [-0.1, -0.05) is 36.4 Å². The summed E-state index contributed by atoms with van der Waals surface area (Å²) in [5.74, 6) is 0.430. The number of aryl methyl sites for hydroxylation is 1. The molecule has 1 aliphatic rings. The topological polar surface area (TPSA) is 85.5 Å². The second-order valence-electron chi connectivity index (χ2n) is 7.97. The molecule has 6 nitrogen and oxygen atoms in total. The van der Waals surface area contributed by atoms with E-state index in [2.05, 4.69) is 0 Å². The molecule has 2 heterocycles. The molecule has 1 fully saturated rings. The number of nitrogens with two attached hydrogens (primary N) is 1. The molecule has 3 aromatic rings. The predicted molar refractivity (Wildman–Crippen MR) is 120 cm³/mol. The molecular formula is C25H27N3O3. The molecule has 1 saturated heterocycles. The average Bonchev–Trinajstić information content (AvgIpc) is 2.81. The van der Waals surface area contributed by atoms with E-state index in [1.54, 1.807) is 7.11 Å². The number of aromatic nitrogens is 1. The molecule has 1 unspecified atom stereocenters. The van der Waals surface area contributed by atoms with Crippen molar-refractivity contribution in [3.05, 3.63) is 71.4 Å². The van der Waals surface area contributed by atoms with Crippen molar-refractivity contribution in [2.75, 3.05) is 20.2 Å². The van der Waals surface area contributed by atoms with Crippen LogP contribution in [0.3, 0.4) is 0 Å². The molecule has 1 aromatic heterocycles. The summed E-state index contributed by atoms with van der Waals surface area (Å²) in [6.07, 6.45) is 2.80. The van der Waals surface area contributed by atoms with E-state index in [9.17, 15) is 9.59 Å². The minimum Gasteiger partial charge on any atom is -0.496 e. The van der Waals surface area contributed by atoms with Crippen LogP contribution in [0.5, 0.6) is 5.75 Å². The maximum Gasteiger partial charge on any atom is 0.250 e. The van der Waals surface area contributed by atoms with Gasteiger partial charge in [0.2, 0.25) is 5.91 Å². The summed E-state index contributed by atoms with van der Waals surface area (Å²) in [6, 6.07) is 17.3. The molecule has 160 valence electrons. The van der Waals surface area contributed by atoms with E-state index in [0.717, 1.165) is 41.6 Å². The maximum absolute atomic E-state index is 13.0. The van der Waals surface area contributed by atoms with Gasteiger partial charge in [-0.05, 0) is 43.0 Å². The largest absolute Gasteiger partial charge is 0.496 e. The predicted octanol–water partition coefficient (Wildman–Crippen LogP) is 3.68. The van der Waals surface area contributed by atoms with Gasteiger partial charge in [0.05, 0.1) is 23.9 Å². The van der Waals surface area contributed by atoms with Crippen molar-refractivity contribution in [1.82, 2.24) is 9.88 Å². The van der Waals surface area contributed by atoms with Crippen molar-refractivity contribution in [1.29, 1.82) is 0 Å². The first-order valence-electron chi connectivity index (χ1n) is 10.7. The van der Waals surface area contributed by atoms with E-state index >= 15 is 0 Å². The number of hydrogen-bond donors (Lipinski definition) is 1. The van der Waals surface area contributed by atoms with Crippen LogP contribution < -0.4 is 10.5 Å². The molecule has 2 aromatic carbocycles. The Morgan fingerprint density at radius 1 is 1.16 bits per heavy atom. The van der Waals surface area contributed by atoms with Crippen LogP contribution in [0.2, 0.25) is 0 Å². The molecule has 1 atom stereocenters. The monoisotopic (exact) mass is 417 g/mol. The number of ether oxygens (including phenoxy) is 1. The summed E-state index contributed by atoms with van der Waals surface area (Å²) in [7, 11) is 1.64. The highest BCUT2D eigenvalue weighted by atomic mass is 16.5. The third-order valence-electron chi connectivity index (χ3n) is 5.98. The van der Waals surface area contributed by atoms with Crippen LogP contribution in [0.25, 0.3) is 10.9 Å². The molecule has 1 aliphatic heterocycles. The number of carbonyl (C=O) groups is 2. The number of methoxy groups -OCH3 is 1. The lowest BCUT2D eigenvalue weighted by Crippen LogP contribution is -2.40. The molecule has 6 heteroatoms. The number of fused-ring (bicyclic) bond motifs is 1. The van der Waals surface area contributed by atoms with Gasteiger partial charge in [-0.15, -0.1) is 0 Å². The highest BCUT2D eigenvalue weighted by Crippen LogP contribution is 2.30. The fourth-order valence-electron chi connectivity index (χ4n) is 4.38. The Morgan fingerprint density at radius 2 is 1.94 bits per heavy atom. The smallest absolute Gasteiger partial charge is 0.250 e. The maximum atomic E-state index is 13.0. The van der Waals surface area contributed by atoms with Crippen molar-refractivity contribution < 1.29 is 14.3 Å². The van der Waals surface area contributed by atoms with Gasteiger partial charge in [-0.25, -0.2) is 0 Å². The lowest BCUT2D eigenvalue weighted by Gasteiger charge is -2.33. The number of primary amides is 1. The summed E-state index contributed by atoms with van der Waals surface area (Å²) in [4.78, 5) is 31.8. The molecule has 0 aliphatic carbocycles. The van der Waals surface area contributed by atoms with Gasteiger partial charge in [0.15, 0.2) is 0 Å². The van der Waals surface area contributed by atoms with Crippen LogP contribution in [0.4, 0.5) is 0 Å². The quantitative estimate of drug-likeness (QED) is 0.663. The Balaban J connectivity index is 1.51. The Morgan fingerprint density at radius 3 is 2.74 bits per heavy atom. The van der Waals surface area contributed by atoms with Gasteiger partial charge in [-0.2, -0.15) is 0 Å². The molecule has 0 radical (unpaired) electrons. The van der Waals surface area contributed by atoms with Crippen LogP contribution in [0.15, 0.2) is 54.6 Å². The zero-order valence-electron chi connectivity index (χ0n) is 17.7. The van der Waals surface area contributed by atoms with Gasteiger partial charge in [-0.3, -0.25) is 14.6 Å². The highest BCUT2D eigenvalue weighted by molar-refractivity contribution is 5.97. The van der Waals surface area contributed by atoms with Crippen molar-refractivity contribution in [2.45, 2.75) is 31.6 Å². The zero-order chi connectivity index (χ0) is 21.8. The van der Waals surface area contributed by atoms with E-state index < -0.39 is 5.91 Å². The SMILES string of the molecule is COc1ccccc1CCC(=O)N1CCCC(c2nc3ccccc3cc2C(N)=O)C1. The minimum absolute atomic E-state index is 0.00364. The number of nitrogens with zero attached hydrogens (tertiary/aromatic N) is 2. The first-order valence-corrected chi connectivity index (χ1v) is 10.7. The van der Waals surface area contributed by atoms with E-state index in [0.29, 0.717) is 30.6 Å². The lowest BCUT2D eigenvalue weighted by molar-refractivity contribution is -0.132. The van der Waals surface area contributed by atoms with Gasteiger partial charge < -0.3 is 15.4 Å². The number of likely N-dealkylation sites (tertiary alicyclic amines) is 1. The van der Waals surface area contributed by atoms with Gasteiger partial charge >= 0.3 is 0 Å². The summed E-state index contributed by atoms with van der Waals surface area (Å²) in [5, 5.41) is 0.889. The zero-order valence-corrected chi connectivity index (χ0v) is 17.7. The third-order valence-corrected chi connectivity index (χ3v) is 5.98. The summed E-state index contributed by atoms with van der Waals surface area (Å²) in [5.41, 5.74) is 8.69. The highest BCUT2D eigenvalue weighted by Gasteiger charge is 2.28. The molecule has 31 heavy (non-hydrogen) atoms. The molecule has 4 rings (SSSR count). The van der Waals surface area contributed by atoms with Crippen molar-refractivity contribution in [2.24, 2.45) is 5.73 Å². The normalized spacial score (nSPS) is 16.3. The van der Waals surface area contributed by atoms with E-state index in [1.165, 1.54) is 0 Å². The fraction of sp³-hybridized carbons (Fsp3) is 0.320. The number of benzene rings is 2. The summed E-state index contributed by atoms with van der Waals surface area (Å²) < 4.78 is 5.39. The van der Waals surface area contributed by atoms with E-state index in [-0.39, 0.29) is 11.8 Å². The third kappa shape index (κ3) is 4.53. The summed E-state index contributed by atoms with van der Waals surface area (Å²) in [6.45, 7) is 1.27. The van der Waals surface area contributed by atoms with Crippen LogP contribution in [-0.4, -0.2) is 41.9 Å². The molecular weight excluding hydrogens is 390 g/mol. The van der Waals surface area contributed by atoms with Crippen LogP contribution in [0, 0.1) is 0 Å². The molecule has 0 bridgehead atoms. The fourth-order valence-corrected chi connectivity index (χ4v) is 4.38. The van der Waals surface area contributed by atoms with Gasteiger partial charge in [0, 0.05) is 30.8 Å². The number of amides is 2. The Bertz CT molecular complexity index is 1110. The van der Waals surface area contributed by atoms with Gasteiger partial charge in [0.1, 0.15) is 5.75 Å². The molecule has 2 amide bonds. The number of piperidine rings is 1. The lowest BCUT2D eigenvalue weighted by atomic mass is 9.90. The number of rotatable bonds is 6. The van der Waals surface area contributed by atoms with Crippen LogP contribution in [0.1, 0.15) is 46.8 Å². The number of para-hydroxylation sites is 2. The second-order valence-corrected chi connectivity index (χ2v) is 7.97. The molecule has 0 spiro atoms. The van der Waals surface area contributed by atoms with Crippen molar-refractivity contribution in [3.8, 4) is 5.75 Å². The number of pyridine rings is 1. The Labute approximate surface area is 182 Å². The molecule has 2 N–H and O–H groups in total. The van der Waals surface area contributed by atoms with Crippen molar-refractivity contribution in [3.63, 3.8) is 0 Å². The number of carbonyl (C=O) groups excluding carboxylic acids is 2. The standard InChI is InChI=1S/C25H27N3O3/c1-31-22-11-5-3-7-17(22)12-13-23(29)28-14-6-9-19(16-28)24-20(25(26)30)15-18-8-2-4-10-21(18)27-24/h2-5,7-8,10-11,15,19H,6,9,12-14,16H2,1H3,(H2,26,30). The van der Waals surface area contributed by atoms with Crippen LogP contribution in [-0.2, 0) is 11.2 Å². The van der Waals surface area contributed by atoms with E-state index in [1.807, 2.05) is 59.5 Å². The second kappa shape index (κ2) is 9.16. The Hall–Kier alpha value is -3.41.